The van der Waals surface area contributed by atoms with Crippen LogP contribution in [0.5, 0.6) is 5.75 Å². The van der Waals surface area contributed by atoms with Crippen molar-refractivity contribution in [3.8, 4) is 5.75 Å². The molecule has 1 fully saturated rings. The van der Waals surface area contributed by atoms with Gasteiger partial charge in [-0.1, -0.05) is 0 Å². The minimum absolute atomic E-state index is 0.0695. The lowest BCUT2D eigenvalue weighted by Gasteiger charge is -2.15. The molecular weight excluding hydrogens is 364 g/mol. The Morgan fingerprint density at radius 3 is 2.15 bits per heavy atom. The van der Waals surface area contributed by atoms with Gasteiger partial charge in [0.1, 0.15) is 5.75 Å². The lowest BCUT2D eigenvalue weighted by atomic mass is 10.2. The minimum atomic E-state index is -3.44. The molecule has 0 aromatic heterocycles. The van der Waals surface area contributed by atoms with Crippen molar-refractivity contribution in [3.63, 3.8) is 0 Å². The molecule has 1 heterocycles. The van der Waals surface area contributed by atoms with E-state index in [0.29, 0.717) is 30.1 Å². The van der Waals surface area contributed by atoms with Gasteiger partial charge in [0.15, 0.2) is 0 Å². The second kappa shape index (κ2) is 8.10. The third kappa shape index (κ3) is 4.67. The standard InChI is InChI=1S/C20H24N2O4S/c1-15(2)26-18-9-5-16(6-10-18)20(23)21-17-7-11-19(12-8-17)27(24,25)22-13-3-4-14-22/h5-12,15H,3-4,13-14H2,1-2H3,(H,21,23). The van der Waals surface area contributed by atoms with Crippen LogP contribution < -0.4 is 10.1 Å². The monoisotopic (exact) mass is 388 g/mol. The Bertz CT molecular complexity index is 885. The number of rotatable bonds is 6. The van der Waals surface area contributed by atoms with E-state index < -0.39 is 10.0 Å². The van der Waals surface area contributed by atoms with Crippen molar-refractivity contribution in [2.75, 3.05) is 18.4 Å². The van der Waals surface area contributed by atoms with E-state index in [1.807, 2.05) is 13.8 Å². The number of ether oxygens (including phenoxy) is 1. The van der Waals surface area contributed by atoms with Gasteiger partial charge in [0.05, 0.1) is 11.0 Å². The zero-order valence-corrected chi connectivity index (χ0v) is 16.3. The molecule has 0 aliphatic carbocycles. The molecule has 0 atom stereocenters. The molecule has 7 heteroatoms. The molecule has 2 aromatic carbocycles. The maximum Gasteiger partial charge on any atom is 0.255 e. The summed E-state index contributed by atoms with van der Waals surface area (Å²) >= 11 is 0. The molecule has 2 aromatic rings. The SMILES string of the molecule is CC(C)Oc1ccc(C(=O)Nc2ccc(S(=O)(=O)N3CCCC3)cc2)cc1. The smallest absolute Gasteiger partial charge is 0.255 e. The molecule has 1 aliphatic rings. The Hall–Kier alpha value is -2.38. The number of hydrogen-bond donors (Lipinski definition) is 1. The predicted octanol–water partition coefficient (Wildman–Crippen LogP) is 3.51. The van der Waals surface area contributed by atoms with Crippen molar-refractivity contribution in [1.29, 1.82) is 0 Å². The zero-order chi connectivity index (χ0) is 19.4. The maximum atomic E-state index is 12.5. The first-order valence-corrected chi connectivity index (χ1v) is 10.5. The minimum Gasteiger partial charge on any atom is -0.491 e. The lowest BCUT2D eigenvalue weighted by molar-refractivity contribution is 0.102. The van der Waals surface area contributed by atoms with Crippen molar-refractivity contribution in [3.05, 3.63) is 54.1 Å². The van der Waals surface area contributed by atoms with Gasteiger partial charge in [0.25, 0.3) is 5.91 Å². The summed E-state index contributed by atoms with van der Waals surface area (Å²) in [6.45, 7) is 5.01. The molecule has 1 amide bonds. The van der Waals surface area contributed by atoms with Gasteiger partial charge in [-0.25, -0.2) is 8.42 Å². The number of nitrogens with zero attached hydrogens (tertiary/aromatic N) is 1. The van der Waals surface area contributed by atoms with Crippen LogP contribution in [0.25, 0.3) is 0 Å². The predicted molar refractivity (Wildman–Crippen MR) is 105 cm³/mol. The van der Waals surface area contributed by atoms with Gasteiger partial charge in [-0.15, -0.1) is 0 Å². The molecule has 0 spiro atoms. The summed E-state index contributed by atoms with van der Waals surface area (Å²) in [5.41, 5.74) is 1.04. The van der Waals surface area contributed by atoms with Crippen LogP contribution in [0.15, 0.2) is 53.4 Å². The second-order valence-corrected chi connectivity index (χ2v) is 8.72. The second-order valence-electron chi connectivity index (χ2n) is 6.78. The van der Waals surface area contributed by atoms with Crippen LogP contribution in [0.1, 0.15) is 37.0 Å². The summed E-state index contributed by atoms with van der Waals surface area (Å²) in [6, 6.07) is 13.2. The van der Waals surface area contributed by atoms with Crippen molar-refractivity contribution < 1.29 is 17.9 Å². The quantitative estimate of drug-likeness (QED) is 0.822. The highest BCUT2D eigenvalue weighted by atomic mass is 32.2. The Morgan fingerprint density at radius 2 is 1.59 bits per heavy atom. The van der Waals surface area contributed by atoms with Crippen LogP contribution in [0, 0.1) is 0 Å². The van der Waals surface area contributed by atoms with Gasteiger partial charge < -0.3 is 10.1 Å². The fraction of sp³-hybridized carbons (Fsp3) is 0.350. The molecule has 3 rings (SSSR count). The van der Waals surface area contributed by atoms with Crippen LogP contribution >= 0.6 is 0 Å². The Kier molecular flexibility index (Phi) is 5.82. The number of anilines is 1. The number of benzene rings is 2. The van der Waals surface area contributed by atoms with E-state index in [9.17, 15) is 13.2 Å². The molecular formula is C20H24N2O4S. The summed E-state index contributed by atoms with van der Waals surface area (Å²) in [5, 5.41) is 2.78. The van der Waals surface area contributed by atoms with Crippen molar-refractivity contribution >= 4 is 21.6 Å². The first-order valence-electron chi connectivity index (χ1n) is 9.04. The average molecular weight is 388 g/mol. The molecule has 0 unspecified atom stereocenters. The Morgan fingerprint density at radius 1 is 1.00 bits per heavy atom. The van der Waals surface area contributed by atoms with Crippen LogP contribution in [-0.4, -0.2) is 37.8 Å². The third-order valence-corrected chi connectivity index (χ3v) is 6.22. The van der Waals surface area contributed by atoms with Crippen molar-refractivity contribution in [2.24, 2.45) is 0 Å². The van der Waals surface area contributed by atoms with E-state index in [-0.39, 0.29) is 16.9 Å². The van der Waals surface area contributed by atoms with Crippen LogP contribution in [0.4, 0.5) is 5.69 Å². The largest absolute Gasteiger partial charge is 0.491 e. The van der Waals surface area contributed by atoms with E-state index >= 15 is 0 Å². The molecule has 1 aliphatic heterocycles. The topological polar surface area (TPSA) is 75.7 Å². The van der Waals surface area contributed by atoms with Gasteiger partial charge in [0.2, 0.25) is 10.0 Å². The molecule has 27 heavy (non-hydrogen) atoms. The van der Waals surface area contributed by atoms with Crippen LogP contribution in [-0.2, 0) is 10.0 Å². The van der Waals surface area contributed by atoms with Gasteiger partial charge in [-0.2, -0.15) is 4.31 Å². The van der Waals surface area contributed by atoms with Gasteiger partial charge in [-0.3, -0.25) is 4.79 Å². The Balaban J connectivity index is 1.66. The van der Waals surface area contributed by atoms with E-state index in [0.717, 1.165) is 12.8 Å². The fourth-order valence-electron chi connectivity index (χ4n) is 2.95. The van der Waals surface area contributed by atoms with E-state index in [4.69, 9.17) is 4.74 Å². The van der Waals surface area contributed by atoms with E-state index in [2.05, 4.69) is 5.32 Å². The Labute approximate surface area is 160 Å². The van der Waals surface area contributed by atoms with Gasteiger partial charge in [0, 0.05) is 24.3 Å². The van der Waals surface area contributed by atoms with Crippen LogP contribution in [0.3, 0.4) is 0 Å². The number of carbonyl (C=O) groups is 1. The van der Waals surface area contributed by atoms with E-state index in [1.165, 1.54) is 16.4 Å². The number of nitrogens with one attached hydrogen (secondary N) is 1. The summed E-state index contributed by atoms with van der Waals surface area (Å²) < 4.78 is 32.1. The fourth-order valence-corrected chi connectivity index (χ4v) is 4.47. The normalized spacial score (nSPS) is 15.1. The highest BCUT2D eigenvalue weighted by Crippen LogP contribution is 2.22. The van der Waals surface area contributed by atoms with E-state index in [1.54, 1.807) is 36.4 Å². The summed E-state index contributed by atoms with van der Waals surface area (Å²) in [6.07, 6.45) is 1.86. The third-order valence-electron chi connectivity index (χ3n) is 4.30. The molecule has 1 saturated heterocycles. The highest BCUT2D eigenvalue weighted by Gasteiger charge is 2.26. The summed E-state index contributed by atoms with van der Waals surface area (Å²) in [5.74, 6) is 0.444. The summed E-state index contributed by atoms with van der Waals surface area (Å²) in [7, 11) is -3.44. The number of amides is 1. The molecule has 144 valence electrons. The number of carbonyl (C=O) groups excluding carboxylic acids is 1. The lowest BCUT2D eigenvalue weighted by Crippen LogP contribution is -2.27. The first kappa shape index (κ1) is 19.4. The molecule has 6 nitrogen and oxygen atoms in total. The van der Waals surface area contributed by atoms with Crippen molar-refractivity contribution in [1.82, 2.24) is 4.31 Å². The van der Waals surface area contributed by atoms with Crippen molar-refractivity contribution in [2.45, 2.75) is 37.7 Å². The van der Waals surface area contributed by atoms with Gasteiger partial charge >= 0.3 is 0 Å². The zero-order valence-electron chi connectivity index (χ0n) is 15.5. The summed E-state index contributed by atoms with van der Waals surface area (Å²) in [4.78, 5) is 12.6. The maximum absolute atomic E-state index is 12.5. The molecule has 0 bridgehead atoms. The first-order chi connectivity index (χ1) is 12.9. The molecule has 1 N–H and O–H groups in total. The number of sulfonamides is 1. The van der Waals surface area contributed by atoms with Gasteiger partial charge in [-0.05, 0) is 75.2 Å². The highest BCUT2D eigenvalue weighted by molar-refractivity contribution is 7.89. The van der Waals surface area contributed by atoms with Crippen LogP contribution in [0.2, 0.25) is 0 Å². The number of hydrogen-bond acceptors (Lipinski definition) is 4. The average Bonchev–Trinajstić information content (AvgIpc) is 3.18. The molecule has 0 radical (unpaired) electrons. The molecule has 0 saturated carbocycles.